The van der Waals surface area contributed by atoms with Crippen LogP contribution >= 0.6 is 15.9 Å². The van der Waals surface area contributed by atoms with E-state index in [0.717, 1.165) is 16.6 Å². The van der Waals surface area contributed by atoms with Crippen LogP contribution in [-0.2, 0) is 4.74 Å². The quantitative estimate of drug-likeness (QED) is 0.846. The van der Waals surface area contributed by atoms with E-state index in [4.69, 9.17) is 15.2 Å². The summed E-state index contributed by atoms with van der Waals surface area (Å²) in [5.74, 6) is 0.773. The van der Waals surface area contributed by atoms with Crippen LogP contribution in [0.1, 0.15) is 34.1 Å². The number of nitrogens with two attached hydrogens (primary N) is 1. The van der Waals surface area contributed by atoms with Crippen molar-refractivity contribution in [2.45, 2.75) is 51.4 Å². The first-order valence-electron chi connectivity index (χ1n) is 6.12. The lowest BCUT2D eigenvalue weighted by Crippen LogP contribution is -2.36. The Kier molecular flexibility index (Phi) is 3.36. The van der Waals surface area contributed by atoms with E-state index in [0.29, 0.717) is 5.69 Å². The van der Waals surface area contributed by atoms with E-state index in [9.17, 15) is 0 Å². The van der Waals surface area contributed by atoms with Crippen molar-refractivity contribution < 1.29 is 9.47 Å². The molecule has 0 bridgehead atoms. The average Bonchev–Trinajstić information content (AvgIpc) is 2.42. The molecule has 1 aliphatic rings. The van der Waals surface area contributed by atoms with Crippen LogP contribution in [0.3, 0.4) is 0 Å². The molecule has 0 aromatic heterocycles. The maximum Gasteiger partial charge on any atom is 0.136 e. The first kappa shape index (κ1) is 13.7. The Morgan fingerprint density at radius 1 is 1.33 bits per heavy atom. The predicted molar refractivity (Wildman–Crippen MR) is 76.8 cm³/mol. The van der Waals surface area contributed by atoms with Crippen molar-refractivity contribution in [2.24, 2.45) is 0 Å². The van der Waals surface area contributed by atoms with Gasteiger partial charge in [0.1, 0.15) is 17.5 Å². The molecule has 1 atom stereocenters. The van der Waals surface area contributed by atoms with Gasteiger partial charge in [0.05, 0.1) is 10.1 Å². The number of nitrogen functional groups attached to an aromatic ring is 1. The van der Waals surface area contributed by atoms with Gasteiger partial charge in [0.15, 0.2) is 0 Å². The monoisotopic (exact) mass is 313 g/mol. The second-order valence-corrected chi connectivity index (χ2v) is 6.73. The summed E-state index contributed by atoms with van der Waals surface area (Å²) < 4.78 is 12.9. The SMILES string of the molecule is CC1(C)CC(Oc2cccc(N)c2Br)C(C)(C)O1. The number of anilines is 1. The zero-order valence-corrected chi connectivity index (χ0v) is 12.9. The van der Waals surface area contributed by atoms with Gasteiger partial charge >= 0.3 is 0 Å². The Balaban J connectivity index is 2.22. The van der Waals surface area contributed by atoms with Gasteiger partial charge < -0.3 is 15.2 Å². The number of hydrogen-bond donors (Lipinski definition) is 1. The van der Waals surface area contributed by atoms with E-state index in [1.165, 1.54) is 0 Å². The highest BCUT2D eigenvalue weighted by Gasteiger charge is 2.47. The van der Waals surface area contributed by atoms with Crippen molar-refractivity contribution in [3.8, 4) is 5.75 Å². The van der Waals surface area contributed by atoms with Crippen LogP contribution in [-0.4, -0.2) is 17.3 Å². The molecule has 3 nitrogen and oxygen atoms in total. The largest absolute Gasteiger partial charge is 0.486 e. The molecule has 0 aliphatic carbocycles. The van der Waals surface area contributed by atoms with Crippen molar-refractivity contribution in [1.82, 2.24) is 0 Å². The molecule has 0 radical (unpaired) electrons. The molecule has 2 rings (SSSR count). The summed E-state index contributed by atoms with van der Waals surface area (Å²) >= 11 is 3.46. The third-order valence-corrected chi connectivity index (χ3v) is 4.10. The van der Waals surface area contributed by atoms with Crippen LogP contribution < -0.4 is 10.5 Å². The first-order valence-corrected chi connectivity index (χ1v) is 6.91. The van der Waals surface area contributed by atoms with Crippen LogP contribution in [0.25, 0.3) is 0 Å². The molecule has 1 aliphatic heterocycles. The van der Waals surface area contributed by atoms with Gasteiger partial charge in [-0.15, -0.1) is 0 Å². The lowest BCUT2D eigenvalue weighted by atomic mass is 9.97. The van der Waals surface area contributed by atoms with Gasteiger partial charge in [-0.2, -0.15) is 0 Å². The van der Waals surface area contributed by atoms with Gasteiger partial charge in [0.2, 0.25) is 0 Å². The molecule has 1 fully saturated rings. The van der Waals surface area contributed by atoms with Gasteiger partial charge in [0.25, 0.3) is 0 Å². The first-order chi connectivity index (χ1) is 8.21. The normalized spacial score (nSPS) is 25.1. The fraction of sp³-hybridized carbons (Fsp3) is 0.571. The Hall–Kier alpha value is -0.740. The van der Waals surface area contributed by atoms with E-state index in [1.807, 2.05) is 18.2 Å². The van der Waals surface area contributed by atoms with Crippen LogP contribution in [0, 0.1) is 0 Å². The van der Waals surface area contributed by atoms with Gasteiger partial charge in [-0.05, 0) is 55.8 Å². The molecular formula is C14H20BrNO2. The number of ether oxygens (including phenoxy) is 2. The zero-order valence-electron chi connectivity index (χ0n) is 11.3. The summed E-state index contributed by atoms with van der Waals surface area (Å²) in [6.07, 6.45) is 0.881. The standard InChI is InChI=1S/C14H20BrNO2/c1-13(2)8-11(14(3,4)18-13)17-10-7-5-6-9(16)12(10)15/h5-7,11H,8,16H2,1-4H3. The maximum absolute atomic E-state index is 6.09. The van der Waals surface area contributed by atoms with Gasteiger partial charge in [0, 0.05) is 12.1 Å². The third-order valence-electron chi connectivity index (χ3n) is 3.25. The Bertz CT molecular complexity index is 457. The zero-order chi connectivity index (χ0) is 13.6. The second-order valence-electron chi connectivity index (χ2n) is 5.94. The molecule has 4 heteroatoms. The molecule has 0 saturated carbocycles. The molecule has 18 heavy (non-hydrogen) atoms. The molecule has 1 saturated heterocycles. The highest BCUT2D eigenvalue weighted by molar-refractivity contribution is 9.10. The minimum Gasteiger partial charge on any atom is -0.486 e. The van der Waals surface area contributed by atoms with Crippen molar-refractivity contribution in [3.63, 3.8) is 0 Å². The topological polar surface area (TPSA) is 44.5 Å². The van der Waals surface area contributed by atoms with E-state index >= 15 is 0 Å². The number of hydrogen-bond acceptors (Lipinski definition) is 3. The fourth-order valence-electron chi connectivity index (χ4n) is 2.47. The Morgan fingerprint density at radius 3 is 2.56 bits per heavy atom. The van der Waals surface area contributed by atoms with E-state index in [2.05, 4.69) is 43.6 Å². The number of rotatable bonds is 2. The van der Waals surface area contributed by atoms with Crippen molar-refractivity contribution in [1.29, 1.82) is 0 Å². The second kappa shape index (κ2) is 4.42. The molecule has 2 N–H and O–H groups in total. The summed E-state index contributed by atoms with van der Waals surface area (Å²) in [5, 5.41) is 0. The predicted octanol–water partition coefficient (Wildman–Crippen LogP) is 3.76. The molecular weight excluding hydrogens is 294 g/mol. The highest BCUT2D eigenvalue weighted by atomic mass is 79.9. The molecule has 1 unspecified atom stereocenters. The molecule has 1 aromatic rings. The Labute approximate surface area is 117 Å². The van der Waals surface area contributed by atoms with E-state index < -0.39 is 0 Å². The molecule has 0 spiro atoms. The molecule has 100 valence electrons. The van der Waals surface area contributed by atoms with Gasteiger partial charge in [-0.1, -0.05) is 6.07 Å². The van der Waals surface area contributed by atoms with Crippen LogP contribution in [0.15, 0.2) is 22.7 Å². The minimum atomic E-state index is -0.298. The van der Waals surface area contributed by atoms with Crippen LogP contribution in [0.5, 0.6) is 5.75 Å². The smallest absolute Gasteiger partial charge is 0.136 e. The highest BCUT2D eigenvalue weighted by Crippen LogP contribution is 2.41. The summed E-state index contributed by atoms with van der Waals surface area (Å²) in [4.78, 5) is 0. The molecule has 1 aromatic carbocycles. The maximum atomic E-state index is 6.09. The van der Waals surface area contributed by atoms with Crippen molar-refractivity contribution >= 4 is 21.6 Å². The summed E-state index contributed by atoms with van der Waals surface area (Å²) in [7, 11) is 0. The lowest BCUT2D eigenvalue weighted by molar-refractivity contribution is -0.0846. The van der Waals surface area contributed by atoms with Crippen molar-refractivity contribution in [2.75, 3.05) is 5.73 Å². The van der Waals surface area contributed by atoms with Gasteiger partial charge in [-0.3, -0.25) is 0 Å². The van der Waals surface area contributed by atoms with E-state index in [1.54, 1.807) is 0 Å². The average molecular weight is 314 g/mol. The summed E-state index contributed by atoms with van der Waals surface area (Å²) in [5.41, 5.74) is 6.09. The third kappa shape index (κ3) is 2.64. The fourth-order valence-corrected chi connectivity index (χ4v) is 2.83. The van der Waals surface area contributed by atoms with Crippen LogP contribution in [0.4, 0.5) is 5.69 Å². The van der Waals surface area contributed by atoms with Crippen molar-refractivity contribution in [3.05, 3.63) is 22.7 Å². The summed E-state index contributed by atoms with van der Waals surface area (Å²) in [6, 6.07) is 5.66. The minimum absolute atomic E-state index is 0.0191. The molecule has 1 heterocycles. The van der Waals surface area contributed by atoms with Crippen LogP contribution in [0.2, 0.25) is 0 Å². The Morgan fingerprint density at radius 2 is 2.00 bits per heavy atom. The van der Waals surface area contributed by atoms with Gasteiger partial charge in [-0.25, -0.2) is 0 Å². The van der Waals surface area contributed by atoms with E-state index in [-0.39, 0.29) is 17.3 Å². The number of halogens is 1. The summed E-state index contributed by atoms with van der Waals surface area (Å²) in [6.45, 7) is 8.30. The molecule has 0 amide bonds. The number of benzene rings is 1. The lowest BCUT2D eigenvalue weighted by Gasteiger charge is -2.27.